The van der Waals surface area contributed by atoms with Gasteiger partial charge in [-0.25, -0.2) is 0 Å². The van der Waals surface area contributed by atoms with Crippen molar-refractivity contribution in [2.24, 2.45) is 0 Å². The van der Waals surface area contributed by atoms with Gasteiger partial charge in [-0.05, 0) is 50.9 Å². The molecule has 0 amide bonds. The number of likely N-dealkylation sites (tertiary alicyclic amines) is 1. The lowest BCUT2D eigenvalue weighted by Crippen LogP contribution is -2.34. The quantitative estimate of drug-likeness (QED) is 0.773. The zero-order valence-electron chi connectivity index (χ0n) is 10.4. The first kappa shape index (κ1) is 11.6. The Morgan fingerprint density at radius 2 is 2.31 bits per heavy atom. The minimum atomic E-state index is 0.613. The molecule has 0 aromatic carbocycles. The summed E-state index contributed by atoms with van der Waals surface area (Å²) >= 11 is 0. The molecular formula is C14H22N2. The second-order valence-electron chi connectivity index (χ2n) is 4.73. The van der Waals surface area contributed by atoms with E-state index in [9.17, 15) is 0 Å². The van der Waals surface area contributed by atoms with Crippen LogP contribution in [0, 0.1) is 6.92 Å². The van der Waals surface area contributed by atoms with Gasteiger partial charge in [0.05, 0.1) is 0 Å². The molecule has 2 rings (SSSR count). The van der Waals surface area contributed by atoms with Gasteiger partial charge in [-0.1, -0.05) is 19.4 Å². The Morgan fingerprint density at radius 3 is 3.06 bits per heavy atom. The standard InChI is InChI=1S/C14H22N2/c1-3-10-16-11-5-4-8-14(16)13-7-6-9-15-12(13)2/h6-7,9,14H,3-5,8,10-11H2,1-2H3. The van der Waals surface area contributed by atoms with Crippen LogP contribution in [0.3, 0.4) is 0 Å². The first-order valence-electron chi connectivity index (χ1n) is 6.48. The third kappa shape index (κ3) is 2.43. The van der Waals surface area contributed by atoms with Crippen LogP contribution in [0.25, 0.3) is 0 Å². The average molecular weight is 218 g/mol. The van der Waals surface area contributed by atoms with Crippen LogP contribution in [-0.2, 0) is 0 Å². The molecule has 2 nitrogen and oxygen atoms in total. The zero-order valence-corrected chi connectivity index (χ0v) is 10.4. The molecule has 1 aliphatic heterocycles. The summed E-state index contributed by atoms with van der Waals surface area (Å²) in [5, 5.41) is 0. The molecule has 0 aliphatic carbocycles. The largest absolute Gasteiger partial charge is 0.296 e. The molecule has 2 heteroatoms. The third-order valence-corrected chi connectivity index (χ3v) is 3.53. The molecule has 0 spiro atoms. The zero-order chi connectivity index (χ0) is 11.4. The second-order valence-corrected chi connectivity index (χ2v) is 4.73. The molecule has 88 valence electrons. The van der Waals surface area contributed by atoms with E-state index in [-0.39, 0.29) is 0 Å². The number of hydrogen-bond acceptors (Lipinski definition) is 2. The number of piperidine rings is 1. The van der Waals surface area contributed by atoms with Crippen molar-refractivity contribution < 1.29 is 0 Å². The number of aryl methyl sites for hydroxylation is 1. The molecule has 1 atom stereocenters. The van der Waals surface area contributed by atoms with Gasteiger partial charge in [0, 0.05) is 17.9 Å². The Hall–Kier alpha value is -0.890. The number of hydrogen-bond donors (Lipinski definition) is 0. The maximum atomic E-state index is 4.42. The molecule has 1 saturated heterocycles. The Balaban J connectivity index is 2.19. The lowest BCUT2D eigenvalue weighted by Gasteiger charge is -2.36. The van der Waals surface area contributed by atoms with E-state index in [1.807, 2.05) is 6.20 Å². The minimum Gasteiger partial charge on any atom is -0.296 e. The predicted molar refractivity (Wildman–Crippen MR) is 67.4 cm³/mol. The van der Waals surface area contributed by atoms with Crippen LogP contribution in [-0.4, -0.2) is 23.0 Å². The molecule has 1 aliphatic rings. The molecule has 0 radical (unpaired) electrons. The summed E-state index contributed by atoms with van der Waals surface area (Å²) < 4.78 is 0. The highest BCUT2D eigenvalue weighted by Gasteiger charge is 2.24. The summed E-state index contributed by atoms with van der Waals surface area (Å²) in [5.41, 5.74) is 2.64. The van der Waals surface area contributed by atoms with Crippen LogP contribution in [0.2, 0.25) is 0 Å². The fourth-order valence-corrected chi connectivity index (χ4v) is 2.75. The van der Waals surface area contributed by atoms with Crippen molar-refractivity contribution in [2.45, 2.75) is 45.6 Å². The minimum absolute atomic E-state index is 0.613. The van der Waals surface area contributed by atoms with Gasteiger partial charge in [-0.3, -0.25) is 9.88 Å². The normalized spacial score (nSPS) is 22.2. The average Bonchev–Trinajstić information content (AvgIpc) is 2.31. The van der Waals surface area contributed by atoms with Gasteiger partial charge in [0.2, 0.25) is 0 Å². The SMILES string of the molecule is CCCN1CCCCC1c1cccnc1C. The van der Waals surface area contributed by atoms with E-state index in [4.69, 9.17) is 0 Å². The van der Waals surface area contributed by atoms with E-state index < -0.39 is 0 Å². The van der Waals surface area contributed by atoms with Crippen LogP contribution in [0.1, 0.15) is 49.9 Å². The second kappa shape index (κ2) is 5.44. The van der Waals surface area contributed by atoms with Gasteiger partial charge in [0.15, 0.2) is 0 Å². The maximum absolute atomic E-state index is 4.42. The number of aromatic nitrogens is 1. The lowest BCUT2D eigenvalue weighted by molar-refractivity contribution is 0.148. The maximum Gasteiger partial charge on any atom is 0.0420 e. The molecular weight excluding hydrogens is 196 g/mol. The van der Waals surface area contributed by atoms with E-state index in [2.05, 4.69) is 35.9 Å². The van der Waals surface area contributed by atoms with Gasteiger partial charge in [-0.15, -0.1) is 0 Å². The van der Waals surface area contributed by atoms with Crippen LogP contribution in [0.4, 0.5) is 0 Å². The van der Waals surface area contributed by atoms with Crippen molar-refractivity contribution in [3.05, 3.63) is 29.6 Å². The Morgan fingerprint density at radius 1 is 1.44 bits per heavy atom. The van der Waals surface area contributed by atoms with Crippen molar-refractivity contribution in [3.63, 3.8) is 0 Å². The molecule has 1 aromatic rings. The summed E-state index contributed by atoms with van der Waals surface area (Å²) in [4.78, 5) is 7.05. The molecule has 0 N–H and O–H groups in total. The fraction of sp³-hybridized carbons (Fsp3) is 0.643. The molecule has 1 aromatic heterocycles. The number of rotatable bonds is 3. The van der Waals surface area contributed by atoms with Crippen molar-refractivity contribution in [1.29, 1.82) is 0 Å². The molecule has 16 heavy (non-hydrogen) atoms. The van der Waals surface area contributed by atoms with E-state index in [0.29, 0.717) is 6.04 Å². The van der Waals surface area contributed by atoms with E-state index in [1.165, 1.54) is 50.0 Å². The van der Waals surface area contributed by atoms with Gasteiger partial charge >= 0.3 is 0 Å². The molecule has 0 saturated carbocycles. The highest BCUT2D eigenvalue weighted by atomic mass is 15.2. The molecule has 1 fully saturated rings. The topological polar surface area (TPSA) is 16.1 Å². The van der Waals surface area contributed by atoms with Crippen molar-refractivity contribution in [2.75, 3.05) is 13.1 Å². The van der Waals surface area contributed by atoms with E-state index >= 15 is 0 Å². The molecule has 1 unspecified atom stereocenters. The fourth-order valence-electron chi connectivity index (χ4n) is 2.75. The molecule has 0 bridgehead atoms. The summed E-state index contributed by atoms with van der Waals surface area (Å²) in [5.74, 6) is 0. The molecule has 2 heterocycles. The monoisotopic (exact) mass is 218 g/mol. The summed E-state index contributed by atoms with van der Waals surface area (Å²) in [6, 6.07) is 4.93. The van der Waals surface area contributed by atoms with Crippen molar-refractivity contribution in [3.8, 4) is 0 Å². The van der Waals surface area contributed by atoms with E-state index in [1.54, 1.807) is 0 Å². The van der Waals surface area contributed by atoms with Crippen molar-refractivity contribution in [1.82, 2.24) is 9.88 Å². The smallest absolute Gasteiger partial charge is 0.0420 e. The van der Waals surface area contributed by atoms with Crippen LogP contribution < -0.4 is 0 Å². The lowest BCUT2D eigenvalue weighted by atomic mass is 9.94. The highest BCUT2D eigenvalue weighted by molar-refractivity contribution is 5.23. The van der Waals surface area contributed by atoms with E-state index in [0.717, 1.165) is 0 Å². The third-order valence-electron chi connectivity index (χ3n) is 3.53. The van der Waals surface area contributed by atoms with Crippen LogP contribution in [0.15, 0.2) is 18.3 Å². The van der Waals surface area contributed by atoms with Gasteiger partial charge in [-0.2, -0.15) is 0 Å². The first-order valence-corrected chi connectivity index (χ1v) is 6.48. The van der Waals surface area contributed by atoms with Crippen LogP contribution >= 0.6 is 0 Å². The Bertz CT molecular complexity index is 333. The Labute approximate surface area is 98.7 Å². The highest BCUT2D eigenvalue weighted by Crippen LogP contribution is 2.31. The first-order chi connectivity index (χ1) is 7.83. The van der Waals surface area contributed by atoms with Crippen molar-refractivity contribution >= 4 is 0 Å². The number of pyridine rings is 1. The summed E-state index contributed by atoms with van der Waals surface area (Å²) in [6.45, 7) is 6.88. The summed E-state index contributed by atoms with van der Waals surface area (Å²) in [7, 11) is 0. The Kier molecular flexibility index (Phi) is 3.94. The summed E-state index contributed by atoms with van der Waals surface area (Å²) in [6.07, 6.45) is 7.16. The van der Waals surface area contributed by atoms with Gasteiger partial charge < -0.3 is 0 Å². The predicted octanol–water partition coefficient (Wildman–Crippen LogP) is 3.33. The van der Waals surface area contributed by atoms with Crippen LogP contribution in [0.5, 0.6) is 0 Å². The van der Waals surface area contributed by atoms with Gasteiger partial charge in [0.1, 0.15) is 0 Å². The number of nitrogens with zero attached hydrogens (tertiary/aromatic N) is 2. The van der Waals surface area contributed by atoms with Gasteiger partial charge in [0.25, 0.3) is 0 Å².